The highest BCUT2D eigenvalue weighted by molar-refractivity contribution is 5.89. The number of methoxy groups -OCH3 is 1. The number of likely N-dealkylation sites (N-methyl/N-ethyl adjacent to an activating group) is 1. The summed E-state index contributed by atoms with van der Waals surface area (Å²) in [5.41, 5.74) is 2.54. The topological polar surface area (TPSA) is 53.1 Å². The summed E-state index contributed by atoms with van der Waals surface area (Å²) in [5, 5.41) is 0. The second-order valence-electron chi connectivity index (χ2n) is 8.89. The molecular formula is C26H34FN3O3. The first-order valence-electron chi connectivity index (χ1n) is 11.4. The van der Waals surface area contributed by atoms with Gasteiger partial charge < -0.3 is 14.5 Å². The molecule has 178 valence electrons. The van der Waals surface area contributed by atoms with Crippen LogP contribution in [-0.2, 0) is 22.5 Å². The number of piperidine rings is 1. The highest BCUT2D eigenvalue weighted by Crippen LogP contribution is 2.20. The van der Waals surface area contributed by atoms with Crippen LogP contribution in [0.3, 0.4) is 0 Å². The van der Waals surface area contributed by atoms with Crippen LogP contribution in [0, 0.1) is 5.82 Å². The summed E-state index contributed by atoms with van der Waals surface area (Å²) in [4.78, 5) is 31.3. The third-order valence-corrected chi connectivity index (χ3v) is 6.16. The van der Waals surface area contributed by atoms with Crippen molar-refractivity contribution < 1.29 is 18.7 Å². The van der Waals surface area contributed by atoms with Crippen molar-refractivity contribution in [2.75, 3.05) is 47.4 Å². The molecule has 0 aliphatic carbocycles. The molecule has 3 rings (SSSR count). The Bertz CT molecular complexity index is 907. The summed E-state index contributed by atoms with van der Waals surface area (Å²) in [6.45, 7) is 4.13. The van der Waals surface area contributed by atoms with E-state index in [1.54, 1.807) is 24.3 Å². The minimum absolute atomic E-state index is 0.0975. The smallest absolute Gasteiger partial charge is 0.337 e. The van der Waals surface area contributed by atoms with Gasteiger partial charge in [0.05, 0.1) is 19.1 Å². The zero-order chi connectivity index (χ0) is 23.8. The highest BCUT2D eigenvalue weighted by Gasteiger charge is 2.28. The van der Waals surface area contributed by atoms with E-state index in [-0.39, 0.29) is 23.7 Å². The number of benzene rings is 2. The van der Waals surface area contributed by atoms with Crippen molar-refractivity contribution in [2.45, 2.75) is 31.8 Å². The maximum absolute atomic E-state index is 13.2. The standard InChI is InChI=1S/C26H34FN3O3/c1-28(2)16-17-30(25(31)18-20-6-10-23(27)11-7-20)24-12-14-29(15-13-24)19-21-4-8-22(9-5-21)26(32)33-3/h4-11,24H,12-19H2,1-3H3. The van der Waals surface area contributed by atoms with Crippen LogP contribution in [0.15, 0.2) is 48.5 Å². The number of hydrogen-bond donors (Lipinski definition) is 0. The molecule has 0 spiro atoms. The molecule has 2 aromatic rings. The molecule has 1 aliphatic rings. The van der Waals surface area contributed by atoms with Gasteiger partial charge in [0.25, 0.3) is 0 Å². The van der Waals surface area contributed by atoms with Gasteiger partial charge in [-0.05, 0) is 62.3 Å². The highest BCUT2D eigenvalue weighted by atomic mass is 19.1. The van der Waals surface area contributed by atoms with E-state index in [4.69, 9.17) is 4.74 Å². The van der Waals surface area contributed by atoms with Crippen LogP contribution < -0.4 is 0 Å². The lowest BCUT2D eigenvalue weighted by Gasteiger charge is -2.39. The van der Waals surface area contributed by atoms with Gasteiger partial charge in [0, 0.05) is 38.8 Å². The largest absolute Gasteiger partial charge is 0.465 e. The molecule has 33 heavy (non-hydrogen) atoms. The van der Waals surface area contributed by atoms with Crippen LogP contribution in [0.1, 0.15) is 34.3 Å². The molecule has 1 heterocycles. The van der Waals surface area contributed by atoms with Crippen molar-refractivity contribution in [3.8, 4) is 0 Å². The third kappa shape index (κ3) is 7.37. The van der Waals surface area contributed by atoms with Crippen molar-refractivity contribution >= 4 is 11.9 Å². The second kappa shape index (κ2) is 11.9. The maximum Gasteiger partial charge on any atom is 0.337 e. The number of hydrogen-bond acceptors (Lipinski definition) is 5. The Hall–Kier alpha value is -2.77. The number of halogens is 1. The van der Waals surface area contributed by atoms with E-state index < -0.39 is 0 Å². The second-order valence-corrected chi connectivity index (χ2v) is 8.89. The molecule has 0 bridgehead atoms. The first-order valence-corrected chi connectivity index (χ1v) is 11.4. The SMILES string of the molecule is COC(=O)c1ccc(CN2CCC(N(CCN(C)C)C(=O)Cc3ccc(F)cc3)CC2)cc1. The average molecular weight is 456 g/mol. The fraction of sp³-hybridized carbons (Fsp3) is 0.462. The normalized spacial score (nSPS) is 14.9. The van der Waals surface area contributed by atoms with Crippen LogP contribution >= 0.6 is 0 Å². The van der Waals surface area contributed by atoms with Crippen LogP contribution in [-0.4, -0.2) is 80.0 Å². The Balaban J connectivity index is 1.57. The van der Waals surface area contributed by atoms with E-state index in [2.05, 4.69) is 9.80 Å². The fourth-order valence-electron chi connectivity index (χ4n) is 4.21. The zero-order valence-corrected chi connectivity index (χ0v) is 19.8. The molecule has 0 aromatic heterocycles. The molecule has 7 heteroatoms. The van der Waals surface area contributed by atoms with E-state index in [1.165, 1.54) is 19.2 Å². The lowest BCUT2D eigenvalue weighted by atomic mass is 10.0. The summed E-state index contributed by atoms with van der Waals surface area (Å²) in [6.07, 6.45) is 2.13. The van der Waals surface area contributed by atoms with Gasteiger partial charge in [-0.2, -0.15) is 0 Å². The molecular weight excluding hydrogens is 421 g/mol. The molecule has 0 atom stereocenters. The van der Waals surface area contributed by atoms with Crippen LogP contribution in [0.5, 0.6) is 0 Å². The van der Waals surface area contributed by atoms with Gasteiger partial charge in [0.2, 0.25) is 5.91 Å². The monoisotopic (exact) mass is 455 g/mol. The van der Waals surface area contributed by atoms with Crippen molar-refractivity contribution in [3.05, 3.63) is 71.0 Å². The molecule has 6 nitrogen and oxygen atoms in total. The minimum atomic E-state index is -0.328. The van der Waals surface area contributed by atoms with E-state index >= 15 is 0 Å². The number of nitrogens with zero attached hydrogens (tertiary/aromatic N) is 3. The molecule has 0 saturated carbocycles. The summed E-state index contributed by atoms with van der Waals surface area (Å²) >= 11 is 0. The molecule has 1 aliphatic heterocycles. The van der Waals surface area contributed by atoms with E-state index in [9.17, 15) is 14.0 Å². The first kappa shape index (κ1) is 24.9. The lowest BCUT2D eigenvalue weighted by molar-refractivity contribution is -0.134. The van der Waals surface area contributed by atoms with Crippen molar-refractivity contribution in [2.24, 2.45) is 0 Å². The van der Waals surface area contributed by atoms with Crippen molar-refractivity contribution in [1.82, 2.24) is 14.7 Å². The van der Waals surface area contributed by atoms with Gasteiger partial charge in [-0.3, -0.25) is 9.69 Å². The number of carbonyl (C=O) groups excluding carboxylic acids is 2. The van der Waals surface area contributed by atoms with Gasteiger partial charge in [-0.25, -0.2) is 9.18 Å². The minimum Gasteiger partial charge on any atom is -0.465 e. The van der Waals surface area contributed by atoms with Gasteiger partial charge in [-0.1, -0.05) is 24.3 Å². The molecule has 0 radical (unpaired) electrons. The van der Waals surface area contributed by atoms with Gasteiger partial charge in [0.15, 0.2) is 0 Å². The number of likely N-dealkylation sites (tertiary alicyclic amines) is 1. The van der Waals surface area contributed by atoms with Crippen LogP contribution in [0.25, 0.3) is 0 Å². The number of amides is 1. The van der Waals surface area contributed by atoms with Gasteiger partial charge in [0.1, 0.15) is 5.82 Å². The summed E-state index contributed by atoms with van der Waals surface area (Å²) in [5.74, 6) is -0.520. The Morgan fingerprint density at radius 2 is 1.58 bits per heavy atom. The quantitative estimate of drug-likeness (QED) is 0.544. The molecule has 0 unspecified atom stereocenters. The lowest BCUT2D eigenvalue weighted by Crippen LogP contribution is -2.49. The Morgan fingerprint density at radius 3 is 2.15 bits per heavy atom. The van der Waals surface area contributed by atoms with Crippen LogP contribution in [0.2, 0.25) is 0 Å². The molecule has 1 fully saturated rings. The zero-order valence-electron chi connectivity index (χ0n) is 19.8. The molecule has 1 saturated heterocycles. The Kier molecular flexibility index (Phi) is 8.97. The number of carbonyl (C=O) groups is 2. The number of esters is 1. The summed E-state index contributed by atoms with van der Waals surface area (Å²) in [6, 6.07) is 13.9. The molecule has 0 N–H and O–H groups in total. The van der Waals surface area contributed by atoms with E-state index in [0.717, 1.165) is 50.1 Å². The summed E-state index contributed by atoms with van der Waals surface area (Å²) < 4.78 is 18.0. The Morgan fingerprint density at radius 1 is 0.970 bits per heavy atom. The van der Waals surface area contributed by atoms with Gasteiger partial charge in [-0.15, -0.1) is 0 Å². The predicted octanol–water partition coefficient (Wildman–Crippen LogP) is 3.21. The molecule has 1 amide bonds. The predicted molar refractivity (Wildman–Crippen MR) is 126 cm³/mol. The third-order valence-electron chi connectivity index (χ3n) is 6.16. The van der Waals surface area contributed by atoms with E-state index in [1.807, 2.05) is 31.1 Å². The van der Waals surface area contributed by atoms with Crippen molar-refractivity contribution in [3.63, 3.8) is 0 Å². The maximum atomic E-state index is 13.2. The van der Waals surface area contributed by atoms with Crippen molar-refractivity contribution in [1.29, 1.82) is 0 Å². The summed E-state index contributed by atoms with van der Waals surface area (Å²) in [7, 11) is 5.40. The number of rotatable bonds is 9. The van der Waals surface area contributed by atoms with E-state index in [0.29, 0.717) is 18.5 Å². The fourth-order valence-corrected chi connectivity index (χ4v) is 4.21. The number of ether oxygens (including phenoxy) is 1. The Labute approximate surface area is 195 Å². The average Bonchev–Trinajstić information content (AvgIpc) is 2.81. The molecule has 2 aromatic carbocycles. The van der Waals surface area contributed by atoms with Crippen LogP contribution in [0.4, 0.5) is 4.39 Å². The van der Waals surface area contributed by atoms with Gasteiger partial charge >= 0.3 is 5.97 Å². The first-order chi connectivity index (χ1) is 15.9.